The van der Waals surface area contributed by atoms with Gasteiger partial charge in [0.1, 0.15) is 5.75 Å². The minimum absolute atomic E-state index is 0.0238. The molecule has 0 fully saturated rings. The molecular formula is C17H14ClNO3. The molecule has 0 aromatic heterocycles. The van der Waals surface area contributed by atoms with E-state index in [1.54, 1.807) is 47.4 Å². The number of hydrogen-bond donors (Lipinski definition) is 0. The summed E-state index contributed by atoms with van der Waals surface area (Å²) < 4.78 is 5.25. The Labute approximate surface area is 133 Å². The summed E-state index contributed by atoms with van der Waals surface area (Å²) in [5, 5.41) is 0.492. The van der Waals surface area contributed by atoms with E-state index in [0.717, 1.165) is 0 Å². The van der Waals surface area contributed by atoms with Crippen LogP contribution in [0.5, 0.6) is 5.75 Å². The van der Waals surface area contributed by atoms with Crippen molar-refractivity contribution in [2.45, 2.75) is 6.42 Å². The number of nitrogens with zero attached hydrogens (tertiary/aromatic N) is 1. The van der Waals surface area contributed by atoms with Gasteiger partial charge in [0.05, 0.1) is 18.4 Å². The van der Waals surface area contributed by atoms with Gasteiger partial charge < -0.3 is 9.64 Å². The first kappa shape index (κ1) is 14.6. The number of benzene rings is 2. The number of ether oxygens (including phenoxy) is 1. The van der Waals surface area contributed by atoms with Crippen molar-refractivity contribution in [3.8, 4) is 5.75 Å². The van der Waals surface area contributed by atoms with E-state index in [9.17, 15) is 9.59 Å². The molecule has 0 radical (unpaired) electrons. The first-order valence-corrected chi connectivity index (χ1v) is 7.27. The highest BCUT2D eigenvalue weighted by Gasteiger charge is 2.29. The minimum Gasteiger partial charge on any atom is -0.496 e. The summed E-state index contributed by atoms with van der Waals surface area (Å²) in [5.74, 6) is 0.331. The molecule has 5 heteroatoms. The molecule has 0 saturated heterocycles. The Morgan fingerprint density at radius 2 is 2.00 bits per heavy atom. The lowest BCUT2D eigenvalue weighted by Gasteiger charge is -2.29. The number of halogens is 1. The van der Waals surface area contributed by atoms with Gasteiger partial charge in [-0.1, -0.05) is 23.7 Å². The van der Waals surface area contributed by atoms with Gasteiger partial charge in [0.25, 0.3) is 5.91 Å². The van der Waals surface area contributed by atoms with Crippen molar-refractivity contribution in [3.63, 3.8) is 0 Å². The van der Waals surface area contributed by atoms with Gasteiger partial charge in [-0.15, -0.1) is 0 Å². The van der Waals surface area contributed by atoms with Crippen molar-refractivity contribution in [3.05, 3.63) is 58.6 Å². The van der Waals surface area contributed by atoms with Gasteiger partial charge in [-0.25, -0.2) is 0 Å². The highest BCUT2D eigenvalue weighted by Crippen LogP contribution is 2.32. The first-order valence-electron chi connectivity index (χ1n) is 6.89. The Morgan fingerprint density at radius 3 is 2.77 bits per heavy atom. The van der Waals surface area contributed by atoms with Gasteiger partial charge in [0.2, 0.25) is 0 Å². The van der Waals surface area contributed by atoms with Crippen LogP contribution < -0.4 is 9.64 Å². The van der Waals surface area contributed by atoms with Crippen LogP contribution in [0.2, 0.25) is 5.02 Å². The largest absolute Gasteiger partial charge is 0.496 e. The molecule has 0 aliphatic carbocycles. The molecule has 2 aromatic rings. The maximum atomic E-state index is 12.9. The summed E-state index contributed by atoms with van der Waals surface area (Å²) in [6, 6.07) is 12.0. The smallest absolute Gasteiger partial charge is 0.262 e. The average molecular weight is 316 g/mol. The monoisotopic (exact) mass is 315 g/mol. The van der Waals surface area contributed by atoms with Crippen LogP contribution in [0.25, 0.3) is 0 Å². The highest BCUT2D eigenvalue weighted by molar-refractivity contribution is 6.31. The van der Waals surface area contributed by atoms with Crippen molar-refractivity contribution in [2.24, 2.45) is 0 Å². The van der Waals surface area contributed by atoms with Gasteiger partial charge in [-0.2, -0.15) is 0 Å². The molecule has 1 amide bonds. The SMILES string of the molecule is COc1ccccc1C(=O)N1CCC(=O)c2ccc(Cl)cc21. The fourth-order valence-electron chi connectivity index (χ4n) is 2.61. The Morgan fingerprint density at radius 1 is 1.23 bits per heavy atom. The molecule has 1 aliphatic rings. The van der Waals surface area contributed by atoms with Gasteiger partial charge in [0.15, 0.2) is 5.78 Å². The fourth-order valence-corrected chi connectivity index (χ4v) is 2.78. The number of carbonyl (C=O) groups excluding carboxylic acids is 2. The number of Topliss-reactive ketones (excluding diaryl/α,β-unsaturated/α-hetero) is 1. The number of carbonyl (C=O) groups is 2. The minimum atomic E-state index is -0.200. The van der Waals surface area contributed by atoms with Gasteiger partial charge in [-0.05, 0) is 30.3 Å². The van der Waals surface area contributed by atoms with E-state index >= 15 is 0 Å². The van der Waals surface area contributed by atoms with Gasteiger partial charge in [0, 0.05) is 23.6 Å². The second-order valence-electron chi connectivity index (χ2n) is 4.99. The van der Waals surface area contributed by atoms with E-state index in [4.69, 9.17) is 16.3 Å². The molecule has 3 rings (SSSR count). The predicted octanol–water partition coefficient (Wildman–Crippen LogP) is 3.58. The summed E-state index contributed by atoms with van der Waals surface area (Å²) in [6.45, 7) is 0.336. The van der Waals surface area contributed by atoms with E-state index < -0.39 is 0 Å². The van der Waals surface area contributed by atoms with Gasteiger partial charge >= 0.3 is 0 Å². The van der Waals surface area contributed by atoms with E-state index in [1.165, 1.54) is 7.11 Å². The Hall–Kier alpha value is -2.33. The summed E-state index contributed by atoms with van der Waals surface area (Å²) >= 11 is 6.02. The van der Waals surface area contributed by atoms with Crippen LogP contribution >= 0.6 is 11.6 Å². The normalized spacial score (nSPS) is 13.7. The van der Waals surface area contributed by atoms with E-state index in [-0.39, 0.29) is 11.7 Å². The van der Waals surface area contributed by atoms with Crippen LogP contribution in [0.1, 0.15) is 27.1 Å². The molecule has 0 spiro atoms. The highest BCUT2D eigenvalue weighted by atomic mass is 35.5. The number of fused-ring (bicyclic) bond motifs is 1. The second kappa shape index (κ2) is 5.81. The Kier molecular flexibility index (Phi) is 3.86. The average Bonchev–Trinajstić information content (AvgIpc) is 2.54. The Balaban J connectivity index is 2.06. The van der Waals surface area contributed by atoms with Crippen LogP contribution in [0.3, 0.4) is 0 Å². The number of rotatable bonds is 2. The van der Waals surface area contributed by atoms with Crippen molar-refractivity contribution < 1.29 is 14.3 Å². The fraction of sp³-hybridized carbons (Fsp3) is 0.176. The molecule has 22 heavy (non-hydrogen) atoms. The molecule has 1 heterocycles. The lowest BCUT2D eigenvalue weighted by Crippen LogP contribution is -2.37. The molecule has 0 bridgehead atoms. The summed E-state index contributed by atoms with van der Waals surface area (Å²) in [6.07, 6.45) is 0.301. The summed E-state index contributed by atoms with van der Waals surface area (Å²) in [7, 11) is 1.52. The first-order chi connectivity index (χ1) is 10.6. The van der Waals surface area contributed by atoms with Crippen molar-refractivity contribution in [2.75, 3.05) is 18.6 Å². The lowest BCUT2D eigenvalue weighted by atomic mass is 9.99. The van der Waals surface area contributed by atoms with E-state index in [2.05, 4.69) is 0 Å². The van der Waals surface area contributed by atoms with Crippen LogP contribution in [0, 0.1) is 0 Å². The van der Waals surface area contributed by atoms with Crippen LogP contribution in [0.4, 0.5) is 5.69 Å². The zero-order chi connectivity index (χ0) is 15.7. The van der Waals surface area contributed by atoms with Crippen LogP contribution in [-0.2, 0) is 0 Å². The second-order valence-corrected chi connectivity index (χ2v) is 5.43. The number of methoxy groups -OCH3 is 1. The standard InChI is InChI=1S/C17H14ClNO3/c1-22-16-5-3-2-4-13(16)17(21)19-9-8-15(20)12-7-6-11(18)10-14(12)19/h2-7,10H,8-9H2,1H3. The van der Waals surface area contributed by atoms with Gasteiger partial charge in [-0.3, -0.25) is 9.59 Å². The topological polar surface area (TPSA) is 46.6 Å². The molecule has 2 aromatic carbocycles. The molecule has 0 atom stereocenters. The zero-order valence-electron chi connectivity index (χ0n) is 12.0. The Bertz CT molecular complexity index is 757. The molecule has 1 aliphatic heterocycles. The number of amides is 1. The zero-order valence-corrected chi connectivity index (χ0v) is 12.8. The van der Waals surface area contributed by atoms with Crippen molar-refractivity contribution in [1.29, 1.82) is 0 Å². The summed E-state index contributed by atoms with van der Waals surface area (Å²) in [4.78, 5) is 26.5. The maximum Gasteiger partial charge on any atom is 0.262 e. The number of para-hydroxylation sites is 1. The number of ketones is 1. The molecular weight excluding hydrogens is 302 g/mol. The molecule has 0 N–H and O–H groups in total. The van der Waals surface area contributed by atoms with Crippen molar-refractivity contribution in [1.82, 2.24) is 0 Å². The molecule has 0 unspecified atom stereocenters. The third-order valence-electron chi connectivity index (χ3n) is 3.70. The predicted molar refractivity (Wildman–Crippen MR) is 85.1 cm³/mol. The third-order valence-corrected chi connectivity index (χ3v) is 3.93. The van der Waals surface area contributed by atoms with E-state index in [0.29, 0.717) is 40.6 Å². The molecule has 0 saturated carbocycles. The molecule has 4 nitrogen and oxygen atoms in total. The summed E-state index contributed by atoms with van der Waals surface area (Å²) in [5.41, 5.74) is 1.55. The van der Waals surface area contributed by atoms with Crippen molar-refractivity contribution >= 4 is 29.0 Å². The molecule has 112 valence electrons. The number of hydrogen-bond acceptors (Lipinski definition) is 3. The third kappa shape index (κ3) is 2.46. The van der Waals surface area contributed by atoms with Crippen LogP contribution in [0.15, 0.2) is 42.5 Å². The van der Waals surface area contributed by atoms with Crippen LogP contribution in [-0.4, -0.2) is 25.3 Å². The maximum absolute atomic E-state index is 12.9. The number of anilines is 1. The van der Waals surface area contributed by atoms with E-state index in [1.807, 2.05) is 0 Å². The lowest BCUT2D eigenvalue weighted by molar-refractivity contribution is 0.0954. The quantitative estimate of drug-likeness (QED) is 0.851.